The Bertz CT molecular complexity index is 711. The van der Waals surface area contributed by atoms with Gasteiger partial charge in [-0.15, -0.1) is 0 Å². The first kappa shape index (κ1) is 17.9. The average molecular weight is 328 g/mol. The van der Waals surface area contributed by atoms with Crippen LogP contribution in [0.3, 0.4) is 0 Å². The molecule has 128 valence electrons. The van der Waals surface area contributed by atoms with Gasteiger partial charge in [0.15, 0.2) is 0 Å². The van der Waals surface area contributed by atoms with Crippen molar-refractivity contribution in [3.63, 3.8) is 0 Å². The molecule has 0 saturated carbocycles. The average Bonchev–Trinajstić information content (AvgIpc) is 2.56. The van der Waals surface area contributed by atoms with Crippen LogP contribution in [0.2, 0.25) is 0 Å². The van der Waals surface area contributed by atoms with Crippen LogP contribution in [-0.2, 0) is 16.0 Å². The topological polar surface area (TPSA) is 44.8 Å². The van der Waals surface area contributed by atoms with Crippen LogP contribution < -0.4 is 9.47 Å². The monoisotopic (exact) mass is 328 g/mol. The molecule has 0 unspecified atom stereocenters. The summed E-state index contributed by atoms with van der Waals surface area (Å²) >= 11 is 0. The predicted octanol–water partition coefficient (Wildman–Crippen LogP) is 4.52. The first-order valence-corrected chi connectivity index (χ1v) is 7.94. The molecule has 0 atom stereocenters. The predicted molar refractivity (Wildman–Crippen MR) is 94.1 cm³/mol. The maximum Gasteiger partial charge on any atom is 0.305 e. The Morgan fingerprint density at radius 3 is 2.17 bits per heavy atom. The molecule has 0 aliphatic heterocycles. The summed E-state index contributed by atoms with van der Waals surface area (Å²) in [5.41, 5.74) is 4.22. The number of aryl methyl sites for hydroxylation is 4. The number of benzene rings is 2. The second-order valence-corrected chi connectivity index (χ2v) is 5.87. The lowest BCUT2D eigenvalue weighted by Crippen LogP contribution is -2.02. The lowest BCUT2D eigenvalue weighted by Gasteiger charge is -2.15. The zero-order chi connectivity index (χ0) is 17.7. The van der Waals surface area contributed by atoms with E-state index in [4.69, 9.17) is 14.2 Å². The Morgan fingerprint density at radius 1 is 0.958 bits per heavy atom. The van der Waals surface area contributed by atoms with E-state index in [0.29, 0.717) is 12.8 Å². The summed E-state index contributed by atoms with van der Waals surface area (Å²) in [6.07, 6.45) is 1.05. The van der Waals surface area contributed by atoms with Gasteiger partial charge in [0.1, 0.15) is 17.2 Å². The fourth-order valence-electron chi connectivity index (χ4n) is 2.73. The van der Waals surface area contributed by atoms with E-state index in [2.05, 4.69) is 12.1 Å². The van der Waals surface area contributed by atoms with Gasteiger partial charge in [-0.05, 0) is 67.6 Å². The zero-order valence-electron chi connectivity index (χ0n) is 14.9. The van der Waals surface area contributed by atoms with E-state index >= 15 is 0 Å². The van der Waals surface area contributed by atoms with Crippen LogP contribution in [0.25, 0.3) is 0 Å². The van der Waals surface area contributed by atoms with E-state index < -0.39 is 0 Å². The molecule has 0 heterocycles. The molecule has 0 fully saturated rings. The van der Waals surface area contributed by atoms with E-state index in [1.54, 1.807) is 7.11 Å². The molecule has 0 aliphatic rings. The van der Waals surface area contributed by atoms with Crippen LogP contribution in [0.15, 0.2) is 30.3 Å². The molecule has 0 saturated heterocycles. The van der Waals surface area contributed by atoms with Crippen LogP contribution >= 0.6 is 0 Å². The van der Waals surface area contributed by atoms with Crippen LogP contribution in [-0.4, -0.2) is 20.2 Å². The number of ether oxygens (including phenoxy) is 3. The smallest absolute Gasteiger partial charge is 0.305 e. The number of methoxy groups -OCH3 is 2. The number of carbonyl (C=O) groups excluding carboxylic acids is 1. The third-order valence-corrected chi connectivity index (χ3v) is 3.95. The Balaban J connectivity index is 2.19. The largest absolute Gasteiger partial charge is 0.496 e. The second-order valence-electron chi connectivity index (χ2n) is 5.87. The molecule has 0 aromatic heterocycles. The van der Waals surface area contributed by atoms with Crippen molar-refractivity contribution in [3.05, 3.63) is 52.6 Å². The van der Waals surface area contributed by atoms with Gasteiger partial charge in [-0.2, -0.15) is 0 Å². The van der Waals surface area contributed by atoms with Crippen LogP contribution in [0.4, 0.5) is 0 Å². The Hall–Kier alpha value is -2.49. The van der Waals surface area contributed by atoms with Crippen LogP contribution in [0.5, 0.6) is 17.2 Å². The molecule has 4 heteroatoms. The molecule has 2 rings (SSSR count). The minimum absolute atomic E-state index is 0.195. The van der Waals surface area contributed by atoms with Gasteiger partial charge in [0.05, 0.1) is 14.2 Å². The molecule has 0 aliphatic carbocycles. The third-order valence-electron chi connectivity index (χ3n) is 3.95. The molecule has 0 radical (unpaired) electrons. The molecule has 2 aromatic rings. The van der Waals surface area contributed by atoms with Gasteiger partial charge in [-0.25, -0.2) is 0 Å². The summed E-state index contributed by atoms with van der Waals surface area (Å²) in [7, 11) is 3.07. The number of hydrogen-bond donors (Lipinski definition) is 0. The maximum absolute atomic E-state index is 11.3. The Kier molecular flexibility index (Phi) is 5.85. The molecular weight excluding hydrogens is 304 g/mol. The lowest BCUT2D eigenvalue weighted by molar-refractivity contribution is -0.140. The molecule has 4 nitrogen and oxygen atoms in total. The second kappa shape index (κ2) is 7.86. The summed E-state index contributed by atoms with van der Waals surface area (Å²) in [6, 6.07) is 9.88. The van der Waals surface area contributed by atoms with Crippen molar-refractivity contribution < 1.29 is 19.0 Å². The highest BCUT2D eigenvalue weighted by Crippen LogP contribution is 2.32. The van der Waals surface area contributed by atoms with Gasteiger partial charge in [0.2, 0.25) is 0 Å². The van der Waals surface area contributed by atoms with E-state index in [9.17, 15) is 4.79 Å². The van der Waals surface area contributed by atoms with E-state index in [1.165, 1.54) is 7.11 Å². The summed E-state index contributed by atoms with van der Waals surface area (Å²) < 4.78 is 16.0. The van der Waals surface area contributed by atoms with Crippen molar-refractivity contribution in [3.8, 4) is 17.2 Å². The van der Waals surface area contributed by atoms with Crippen LogP contribution in [0.1, 0.15) is 28.7 Å². The lowest BCUT2D eigenvalue weighted by atomic mass is 10.0. The SMILES string of the molecule is COC(=O)CCc1cc(C)c(Oc2ccc(OC)c(C)c2)c(C)c1. The molecule has 24 heavy (non-hydrogen) atoms. The van der Waals surface area contributed by atoms with Crippen molar-refractivity contribution in [2.75, 3.05) is 14.2 Å². The third kappa shape index (κ3) is 4.28. The van der Waals surface area contributed by atoms with Gasteiger partial charge in [0, 0.05) is 6.42 Å². The first-order chi connectivity index (χ1) is 11.4. The molecule has 0 spiro atoms. The van der Waals surface area contributed by atoms with Gasteiger partial charge >= 0.3 is 5.97 Å². The van der Waals surface area contributed by atoms with Crippen molar-refractivity contribution in [1.82, 2.24) is 0 Å². The van der Waals surface area contributed by atoms with E-state index in [-0.39, 0.29) is 5.97 Å². The summed E-state index contributed by atoms with van der Waals surface area (Å²) in [4.78, 5) is 11.3. The quantitative estimate of drug-likeness (QED) is 0.731. The van der Waals surface area contributed by atoms with E-state index in [1.807, 2.05) is 39.0 Å². The number of carbonyl (C=O) groups is 1. The standard InChI is InChI=1S/C20H24O4/c1-13-12-17(7-8-18(13)22-4)24-20-14(2)10-16(11-15(20)3)6-9-19(21)23-5/h7-8,10-12H,6,9H2,1-5H3. The number of hydrogen-bond acceptors (Lipinski definition) is 4. The summed E-state index contributed by atoms with van der Waals surface area (Å²) in [6.45, 7) is 6.02. The fraction of sp³-hybridized carbons (Fsp3) is 0.350. The Labute approximate surface area is 143 Å². The van der Waals surface area contributed by atoms with Crippen LogP contribution in [0, 0.1) is 20.8 Å². The molecule has 2 aromatic carbocycles. The molecular formula is C20H24O4. The van der Waals surface area contributed by atoms with Gasteiger partial charge in [-0.3, -0.25) is 4.79 Å². The fourth-order valence-corrected chi connectivity index (χ4v) is 2.73. The zero-order valence-corrected chi connectivity index (χ0v) is 14.9. The van der Waals surface area contributed by atoms with Crippen molar-refractivity contribution in [2.24, 2.45) is 0 Å². The summed E-state index contributed by atoms with van der Waals surface area (Å²) in [5, 5.41) is 0. The number of esters is 1. The highest BCUT2D eigenvalue weighted by Gasteiger charge is 2.10. The maximum atomic E-state index is 11.3. The highest BCUT2D eigenvalue weighted by atomic mass is 16.5. The molecule has 0 bridgehead atoms. The van der Waals surface area contributed by atoms with Gasteiger partial charge in [0.25, 0.3) is 0 Å². The Morgan fingerprint density at radius 2 is 1.62 bits per heavy atom. The van der Waals surface area contributed by atoms with Gasteiger partial charge in [-0.1, -0.05) is 12.1 Å². The van der Waals surface area contributed by atoms with Gasteiger partial charge < -0.3 is 14.2 Å². The molecule has 0 amide bonds. The first-order valence-electron chi connectivity index (χ1n) is 7.94. The van der Waals surface area contributed by atoms with Crippen molar-refractivity contribution in [1.29, 1.82) is 0 Å². The molecule has 0 N–H and O–H groups in total. The van der Waals surface area contributed by atoms with Crippen molar-refractivity contribution in [2.45, 2.75) is 33.6 Å². The highest BCUT2D eigenvalue weighted by molar-refractivity contribution is 5.69. The normalized spacial score (nSPS) is 10.4. The minimum atomic E-state index is -0.195. The van der Waals surface area contributed by atoms with Crippen molar-refractivity contribution >= 4 is 5.97 Å². The summed E-state index contributed by atoms with van der Waals surface area (Å²) in [5.74, 6) is 2.27. The number of rotatable bonds is 6. The van der Waals surface area contributed by atoms with E-state index in [0.717, 1.165) is 39.5 Å². The minimum Gasteiger partial charge on any atom is -0.496 e.